The van der Waals surface area contributed by atoms with Crippen LogP contribution >= 0.6 is 0 Å². The van der Waals surface area contributed by atoms with Crippen LogP contribution in [0, 0.1) is 5.92 Å². The zero-order chi connectivity index (χ0) is 23.9. The lowest BCUT2D eigenvalue weighted by atomic mass is 10.1. The minimum absolute atomic E-state index is 0.0205. The molecule has 0 saturated carbocycles. The Morgan fingerprint density at radius 2 is 1.82 bits per heavy atom. The zero-order valence-electron chi connectivity index (χ0n) is 19.9. The number of amides is 2. The highest BCUT2D eigenvalue weighted by atomic mass is 16.7. The van der Waals surface area contributed by atoms with Crippen LogP contribution in [0.5, 0.6) is 11.5 Å². The molecule has 9 nitrogen and oxygen atoms in total. The summed E-state index contributed by atoms with van der Waals surface area (Å²) in [5.74, 6) is 1.70. The zero-order valence-corrected chi connectivity index (χ0v) is 19.9. The summed E-state index contributed by atoms with van der Waals surface area (Å²) in [5, 5.41) is 0. The molecule has 0 atom stereocenters. The van der Waals surface area contributed by atoms with E-state index in [1.54, 1.807) is 22.1 Å². The normalized spacial score (nSPS) is 15.5. The molecular formula is C25H33N3O6. The second-order valence-corrected chi connectivity index (χ2v) is 8.89. The molecule has 1 aromatic heterocycles. The van der Waals surface area contributed by atoms with E-state index in [4.69, 9.17) is 18.6 Å². The summed E-state index contributed by atoms with van der Waals surface area (Å²) in [7, 11) is 0. The third kappa shape index (κ3) is 6.30. The van der Waals surface area contributed by atoms with E-state index in [-0.39, 0.29) is 31.1 Å². The number of carbonyl (C=O) groups is 2. The average Bonchev–Trinajstić information content (AvgIpc) is 3.53. The molecule has 1 aromatic carbocycles. The summed E-state index contributed by atoms with van der Waals surface area (Å²) >= 11 is 0. The molecule has 0 unspecified atom stereocenters. The van der Waals surface area contributed by atoms with E-state index >= 15 is 0 Å². The van der Waals surface area contributed by atoms with Crippen LogP contribution < -0.4 is 9.47 Å². The second kappa shape index (κ2) is 11.4. The Balaban J connectivity index is 1.46. The first-order valence-corrected chi connectivity index (χ1v) is 11.8. The minimum atomic E-state index is -0.190. The molecule has 2 aliphatic heterocycles. The predicted octanol–water partition coefficient (Wildman–Crippen LogP) is 2.35. The maximum absolute atomic E-state index is 13.5. The van der Waals surface area contributed by atoms with Crippen molar-refractivity contribution in [3.63, 3.8) is 0 Å². The maximum Gasteiger partial charge on any atom is 0.242 e. The largest absolute Gasteiger partial charge is 0.467 e. The van der Waals surface area contributed by atoms with Gasteiger partial charge >= 0.3 is 0 Å². The van der Waals surface area contributed by atoms with Gasteiger partial charge in [0.2, 0.25) is 18.6 Å². The van der Waals surface area contributed by atoms with Gasteiger partial charge in [0.15, 0.2) is 11.5 Å². The summed E-state index contributed by atoms with van der Waals surface area (Å²) in [6, 6.07) is 9.31. The molecule has 0 spiro atoms. The topological polar surface area (TPSA) is 84.7 Å². The molecule has 1 saturated heterocycles. The highest BCUT2D eigenvalue weighted by molar-refractivity contribution is 5.85. The van der Waals surface area contributed by atoms with Gasteiger partial charge in [0, 0.05) is 38.6 Å². The van der Waals surface area contributed by atoms with Gasteiger partial charge in [-0.15, -0.1) is 0 Å². The fourth-order valence-electron chi connectivity index (χ4n) is 4.07. The molecule has 0 radical (unpaired) electrons. The molecule has 9 heteroatoms. The molecule has 2 aromatic rings. The van der Waals surface area contributed by atoms with Gasteiger partial charge < -0.3 is 28.4 Å². The number of furan rings is 1. The van der Waals surface area contributed by atoms with Gasteiger partial charge in [-0.05, 0) is 29.8 Å². The first-order chi connectivity index (χ1) is 16.5. The van der Waals surface area contributed by atoms with Crippen molar-refractivity contribution in [1.29, 1.82) is 0 Å². The van der Waals surface area contributed by atoms with Crippen LogP contribution in [0.2, 0.25) is 0 Å². The molecule has 2 aliphatic rings. The number of hydrogen-bond acceptors (Lipinski definition) is 7. The van der Waals surface area contributed by atoms with E-state index in [0.29, 0.717) is 50.1 Å². The van der Waals surface area contributed by atoms with Gasteiger partial charge in [-0.3, -0.25) is 14.5 Å². The fraction of sp³-hybridized carbons (Fsp3) is 0.520. The Hall–Kier alpha value is -3.04. The Labute approximate surface area is 200 Å². The van der Waals surface area contributed by atoms with E-state index in [2.05, 4.69) is 4.90 Å². The van der Waals surface area contributed by atoms with Gasteiger partial charge in [0.05, 0.1) is 32.6 Å². The van der Waals surface area contributed by atoms with Crippen LogP contribution in [0.4, 0.5) is 0 Å². The van der Waals surface area contributed by atoms with Crippen molar-refractivity contribution < 1.29 is 28.2 Å². The highest BCUT2D eigenvalue weighted by Crippen LogP contribution is 2.33. The number of benzene rings is 1. The van der Waals surface area contributed by atoms with Crippen molar-refractivity contribution in [2.45, 2.75) is 26.9 Å². The number of hydrogen-bond donors (Lipinski definition) is 0. The van der Waals surface area contributed by atoms with Gasteiger partial charge in [0.25, 0.3) is 0 Å². The van der Waals surface area contributed by atoms with Crippen LogP contribution in [-0.4, -0.2) is 79.2 Å². The van der Waals surface area contributed by atoms with Crippen molar-refractivity contribution in [1.82, 2.24) is 14.7 Å². The van der Waals surface area contributed by atoms with Crippen LogP contribution in [-0.2, 0) is 27.4 Å². The quantitative estimate of drug-likeness (QED) is 0.526. The van der Waals surface area contributed by atoms with Crippen molar-refractivity contribution in [3.8, 4) is 11.5 Å². The molecular weight excluding hydrogens is 438 g/mol. The van der Waals surface area contributed by atoms with Gasteiger partial charge in [-0.2, -0.15) is 0 Å². The van der Waals surface area contributed by atoms with Crippen LogP contribution in [0.15, 0.2) is 41.0 Å². The Kier molecular flexibility index (Phi) is 8.08. The van der Waals surface area contributed by atoms with Crippen molar-refractivity contribution in [2.24, 2.45) is 5.92 Å². The molecule has 1 fully saturated rings. The molecule has 184 valence electrons. The third-order valence-corrected chi connectivity index (χ3v) is 6.01. The fourth-order valence-corrected chi connectivity index (χ4v) is 4.07. The molecule has 0 N–H and O–H groups in total. The number of fused-ring (bicyclic) bond motifs is 1. The number of carbonyl (C=O) groups excluding carboxylic acids is 2. The summed E-state index contributed by atoms with van der Waals surface area (Å²) in [6.07, 6.45) is 1.59. The first kappa shape index (κ1) is 24.1. The van der Waals surface area contributed by atoms with Crippen molar-refractivity contribution >= 4 is 11.8 Å². The predicted molar refractivity (Wildman–Crippen MR) is 124 cm³/mol. The average molecular weight is 472 g/mol. The molecule has 3 heterocycles. The second-order valence-electron chi connectivity index (χ2n) is 8.89. The van der Waals surface area contributed by atoms with Gasteiger partial charge in [-0.25, -0.2) is 0 Å². The lowest BCUT2D eigenvalue weighted by Gasteiger charge is -2.32. The SMILES string of the molecule is CC(C)C(=O)N(CCN1CCOCC1)CC(=O)N(Cc1ccc2c(c1)OCO2)Cc1ccco1. The smallest absolute Gasteiger partial charge is 0.242 e. The maximum atomic E-state index is 13.5. The summed E-state index contributed by atoms with van der Waals surface area (Å²) in [4.78, 5) is 32.1. The molecule has 0 aliphatic carbocycles. The Morgan fingerprint density at radius 1 is 1.03 bits per heavy atom. The first-order valence-electron chi connectivity index (χ1n) is 11.8. The molecule has 34 heavy (non-hydrogen) atoms. The van der Waals surface area contributed by atoms with Gasteiger partial charge in [-0.1, -0.05) is 19.9 Å². The number of nitrogens with zero attached hydrogens (tertiary/aromatic N) is 3. The molecule has 0 bridgehead atoms. The molecule has 4 rings (SSSR count). The van der Waals surface area contributed by atoms with E-state index < -0.39 is 0 Å². The highest BCUT2D eigenvalue weighted by Gasteiger charge is 2.25. The van der Waals surface area contributed by atoms with E-state index in [1.165, 1.54) is 0 Å². The summed E-state index contributed by atoms with van der Waals surface area (Å²) in [5.41, 5.74) is 0.916. The number of rotatable bonds is 10. The van der Waals surface area contributed by atoms with Gasteiger partial charge in [0.1, 0.15) is 5.76 Å². The Morgan fingerprint density at radius 3 is 2.56 bits per heavy atom. The standard InChI is InChI=1S/C25H33N3O6/c1-19(2)25(30)27(8-7-26-9-12-31-13-10-26)17-24(29)28(16-21-4-3-11-32-21)15-20-5-6-22-23(14-20)34-18-33-22/h3-6,11,14,19H,7-10,12-13,15-18H2,1-2H3. The Bertz CT molecular complexity index is 956. The monoisotopic (exact) mass is 471 g/mol. The summed E-state index contributed by atoms with van der Waals surface area (Å²) < 4.78 is 21.8. The van der Waals surface area contributed by atoms with Crippen LogP contribution in [0.1, 0.15) is 25.2 Å². The lowest BCUT2D eigenvalue weighted by molar-refractivity contribution is -0.143. The van der Waals surface area contributed by atoms with E-state index in [1.807, 2.05) is 38.1 Å². The van der Waals surface area contributed by atoms with Crippen LogP contribution in [0.3, 0.4) is 0 Å². The van der Waals surface area contributed by atoms with Crippen LogP contribution in [0.25, 0.3) is 0 Å². The van der Waals surface area contributed by atoms with Crippen molar-refractivity contribution in [3.05, 3.63) is 47.9 Å². The molecule has 2 amide bonds. The van der Waals surface area contributed by atoms with E-state index in [9.17, 15) is 9.59 Å². The third-order valence-electron chi connectivity index (χ3n) is 6.01. The van der Waals surface area contributed by atoms with E-state index in [0.717, 1.165) is 25.2 Å². The number of morpholine rings is 1. The lowest BCUT2D eigenvalue weighted by Crippen LogP contribution is -2.48. The number of ether oxygens (including phenoxy) is 3. The van der Waals surface area contributed by atoms with Crippen molar-refractivity contribution in [2.75, 3.05) is 52.7 Å². The minimum Gasteiger partial charge on any atom is -0.467 e. The summed E-state index contributed by atoms with van der Waals surface area (Å²) in [6.45, 7) is 8.92.